The first kappa shape index (κ1) is 30.3. The Balaban J connectivity index is 2.09. The summed E-state index contributed by atoms with van der Waals surface area (Å²) in [7, 11) is -2.04. The highest BCUT2D eigenvalue weighted by Gasteiger charge is 2.52. The van der Waals surface area contributed by atoms with Gasteiger partial charge < -0.3 is 9.47 Å². The number of ketones is 1. The van der Waals surface area contributed by atoms with Crippen LogP contribution >= 0.6 is 0 Å². The first-order valence-corrected chi connectivity index (χ1v) is 16.4. The number of likely N-dealkylation sites (tertiary alicyclic amines) is 1. The van der Waals surface area contributed by atoms with Crippen molar-refractivity contribution in [2.75, 3.05) is 13.2 Å². The fourth-order valence-corrected chi connectivity index (χ4v) is 13.0. The number of nitrogens with zero attached hydrogens (tertiary/aromatic N) is 3. The van der Waals surface area contributed by atoms with Gasteiger partial charge >= 0.3 is 6.09 Å². The number of carbonyl (C=O) groups is 2. The molecule has 7 nitrogen and oxygen atoms in total. The number of fused-ring (bicyclic) bond motifs is 1. The molecule has 1 atom stereocenters. The number of aromatic nitrogens is 2. The molecule has 1 aliphatic heterocycles. The Morgan fingerprint density at radius 2 is 1.63 bits per heavy atom. The van der Waals surface area contributed by atoms with Crippen molar-refractivity contribution in [2.24, 2.45) is 0 Å². The van der Waals surface area contributed by atoms with Gasteiger partial charge in [0.05, 0.1) is 24.4 Å². The fourth-order valence-electron chi connectivity index (χ4n) is 6.70. The minimum atomic E-state index is -2.04. The summed E-state index contributed by atoms with van der Waals surface area (Å²) in [6, 6.07) is 5.91. The quantitative estimate of drug-likeness (QED) is 0.243. The maximum atomic E-state index is 14.3. The first-order chi connectivity index (χ1) is 17.6. The van der Waals surface area contributed by atoms with Crippen LogP contribution in [0.15, 0.2) is 24.4 Å². The van der Waals surface area contributed by atoms with Gasteiger partial charge in [0, 0.05) is 17.5 Å². The fraction of sp³-hybridized carbons (Fsp3) is 0.700. The standard InChI is InChI=1S/C30H49N3O4Si/c1-20(2)36-19-30(15-12-16-32(30)28(35)37-29(9,10)11)27(34)24-13-14-26-25(17-24)18-31-33(26)38(21(3)4,22(5)6)23(7)8/h13-14,17-18,20-23H,12,15-16,19H2,1-11H3. The van der Waals surface area contributed by atoms with Gasteiger partial charge in [0.1, 0.15) is 11.1 Å². The van der Waals surface area contributed by atoms with Crippen LogP contribution in [0, 0.1) is 0 Å². The van der Waals surface area contributed by atoms with Crippen molar-refractivity contribution in [3.05, 3.63) is 30.0 Å². The lowest BCUT2D eigenvalue weighted by atomic mass is 9.87. The molecule has 1 fully saturated rings. The largest absolute Gasteiger partial charge is 0.444 e. The molecule has 0 aliphatic carbocycles. The summed E-state index contributed by atoms with van der Waals surface area (Å²) in [6.45, 7) is 24.0. The van der Waals surface area contributed by atoms with Crippen molar-refractivity contribution in [3.8, 4) is 0 Å². The Bertz CT molecular complexity index is 1130. The maximum Gasteiger partial charge on any atom is 0.411 e. The van der Waals surface area contributed by atoms with Gasteiger partial charge in [-0.05, 0) is 82.3 Å². The van der Waals surface area contributed by atoms with Crippen LogP contribution < -0.4 is 0 Å². The molecular weight excluding hydrogens is 494 g/mol. The number of hydrogen-bond acceptors (Lipinski definition) is 5. The number of benzene rings is 1. The van der Waals surface area contributed by atoms with E-state index in [-0.39, 0.29) is 18.5 Å². The zero-order valence-electron chi connectivity index (χ0n) is 25.4. The molecule has 0 saturated carbocycles. The second-order valence-corrected chi connectivity index (χ2v) is 18.8. The Labute approximate surface area is 230 Å². The summed E-state index contributed by atoms with van der Waals surface area (Å²) in [4.78, 5) is 29.1. The molecular formula is C30H49N3O4Si. The summed E-state index contributed by atoms with van der Waals surface area (Å²) in [5, 5.41) is 5.90. The average Bonchev–Trinajstić information content (AvgIpc) is 3.41. The molecule has 0 radical (unpaired) electrons. The lowest BCUT2D eigenvalue weighted by molar-refractivity contribution is -0.0240. The molecule has 1 aliphatic rings. The smallest absolute Gasteiger partial charge is 0.411 e. The van der Waals surface area contributed by atoms with Gasteiger partial charge in [-0.15, -0.1) is 0 Å². The van der Waals surface area contributed by atoms with E-state index in [9.17, 15) is 9.59 Å². The van der Waals surface area contributed by atoms with E-state index in [1.54, 1.807) is 4.90 Å². The third-order valence-corrected chi connectivity index (χ3v) is 14.8. The summed E-state index contributed by atoms with van der Waals surface area (Å²) >= 11 is 0. The highest BCUT2D eigenvalue weighted by Crippen LogP contribution is 2.44. The number of Topliss-reactive ketones (excluding diaryl/α,β-unsaturated/α-hetero) is 1. The van der Waals surface area contributed by atoms with Gasteiger partial charge in [-0.2, -0.15) is 5.10 Å². The zero-order chi connectivity index (χ0) is 28.6. The Kier molecular flexibility index (Phi) is 8.88. The maximum absolute atomic E-state index is 14.3. The summed E-state index contributed by atoms with van der Waals surface area (Å²) in [5.74, 6) is -0.101. The predicted molar refractivity (Wildman–Crippen MR) is 157 cm³/mol. The van der Waals surface area contributed by atoms with Gasteiger partial charge in [-0.1, -0.05) is 41.5 Å². The molecule has 8 heteroatoms. The number of carbonyl (C=O) groups excluding carboxylic acids is 2. The van der Waals surface area contributed by atoms with Crippen LogP contribution in [0.1, 0.15) is 99.4 Å². The molecule has 1 saturated heterocycles. The molecule has 1 amide bonds. The molecule has 1 aromatic carbocycles. The van der Waals surface area contributed by atoms with Crippen LogP contribution in [0.3, 0.4) is 0 Å². The van der Waals surface area contributed by atoms with Crippen LogP contribution in [0.2, 0.25) is 16.6 Å². The van der Waals surface area contributed by atoms with Crippen LogP contribution in [0.25, 0.3) is 10.9 Å². The Morgan fingerprint density at radius 1 is 1.03 bits per heavy atom. The Morgan fingerprint density at radius 3 is 2.16 bits per heavy atom. The molecule has 2 aromatic rings. The topological polar surface area (TPSA) is 73.7 Å². The molecule has 0 bridgehead atoms. The van der Waals surface area contributed by atoms with Gasteiger partial charge in [-0.25, -0.2) is 4.79 Å². The van der Waals surface area contributed by atoms with Crippen molar-refractivity contribution in [1.82, 2.24) is 14.3 Å². The first-order valence-electron chi connectivity index (χ1n) is 14.2. The van der Waals surface area contributed by atoms with Crippen LogP contribution in [0.5, 0.6) is 0 Å². The van der Waals surface area contributed by atoms with Crippen molar-refractivity contribution >= 4 is 31.0 Å². The van der Waals surface area contributed by atoms with Gasteiger partial charge in [0.2, 0.25) is 0 Å². The molecule has 3 rings (SSSR count). The normalized spacial score (nSPS) is 19.0. The van der Waals surface area contributed by atoms with E-state index in [4.69, 9.17) is 14.6 Å². The highest BCUT2D eigenvalue weighted by atomic mass is 28.3. The van der Waals surface area contributed by atoms with E-state index in [0.29, 0.717) is 35.2 Å². The summed E-state index contributed by atoms with van der Waals surface area (Å²) in [6.07, 6.45) is 2.63. The average molecular weight is 544 g/mol. The summed E-state index contributed by atoms with van der Waals surface area (Å²) < 4.78 is 14.1. The van der Waals surface area contributed by atoms with E-state index in [1.165, 1.54) is 0 Å². The van der Waals surface area contributed by atoms with Crippen molar-refractivity contribution in [3.63, 3.8) is 0 Å². The molecule has 38 heavy (non-hydrogen) atoms. The van der Waals surface area contributed by atoms with Crippen LogP contribution in [-0.4, -0.2) is 64.9 Å². The second kappa shape index (κ2) is 11.1. The van der Waals surface area contributed by atoms with Crippen LogP contribution in [0.4, 0.5) is 4.79 Å². The molecule has 2 heterocycles. The van der Waals surface area contributed by atoms with E-state index in [2.05, 4.69) is 45.9 Å². The number of amides is 1. The Hall–Kier alpha value is -2.19. The lowest BCUT2D eigenvalue weighted by Gasteiger charge is -2.43. The van der Waals surface area contributed by atoms with Crippen LogP contribution in [-0.2, 0) is 9.47 Å². The summed E-state index contributed by atoms with van der Waals surface area (Å²) in [5.41, 5.74) is 1.42. The van der Waals surface area contributed by atoms with Crippen molar-refractivity contribution < 1.29 is 19.1 Å². The number of rotatable bonds is 9. The van der Waals surface area contributed by atoms with E-state index in [0.717, 1.165) is 17.3 Å². The van der Waals surface area contributed by atoms with Crippen molar-refractivity contribution in [2.45, 2.75) is 123 Å². The van der Waals surface area contributed by atoms with E-state index >= 15 is 0 Å². The molecule has 1 aromatic heterocycles. The minimum absolute atomic E-state index is 0.0670. The predicted octanol–water partition coefficient (Wildman–Crippen LogP) is 7.44. The van der Waals surface area contributed by atoms with Gasteiger partial charge in [-0.3, -0.25) is 14.0 Å². The third kappa shape index (κ3) is 5.44. The number of ether oxygens (including phenoxy) is 2. The number of hydrogen-bond donors (Lipinski definition) is 0. The monoisotopic (exact) mass is 543 g/mol. The zero-order valence-corrected chi connectivity index (χ0v) is 26.4. The van der Waals surface area contributed by atoms with E-state index in [1.807, 2.05) is 59.0 Å². The SMILES string of the molecule is CC(C)OCC1(C(=O)c2ccc3c(cnn3[Si](C(C)C)(C(C)C)C(C)C)c2)CCCN1C(=O)OC(C)(C)C. The van der Waals surface area contributed by atoms with Gasteiger partial charge in [0.25, 0.3) is 0 Å². The molecule has 1 unspecified atom stereocenters. The van der Waals surface area contributed by atoms with Gasteiger partial charge in [0.15, 0.2) is 14.0 Å². The highest BCUT2D eigenvalue weighted by molar-refractivity contribution is 6.82. The molecule has 212 valence electrons. The minimum Gasteiger partial charge on any atom is -0.444 e. The molecule has 0 spiro atoms. The molecule has 0 N–H and O–H groups in total. The second-order valence-electron chi connectivity index (χ2n) is 13.1. The third-order valence-electron chi connectivity index (χ3n) is 8.15. The van der Waals surface area contributed by atoms with Crippen molar-refractivity contribution in [1.29, 1.82) is 0 Å². The lowest BCUT2D eigenvalue weighted by Crippen LogP contribution is -2.57. The van der Waals surface area contributed by atoms with E-state index < -0.39 is 25.5 Å².